The average Bonchev–Trinajstić information content (AvgIpc) is 2.62. The third kappa shape index (κ3) is 3.57. The van der Waals surface area contributed by atoms with Gasteiger partial charge in [-0.15, -0.1) is 0 Å². The van der Waals surface area contributed by atoms with Gasteiger partial charge in [0.05, 0.1) is 11.2 Å². The molecule has 0 saturated heterocycles. The Bertz CT molecular complexity index is 919. The molecule has 3 heteroatoms. The van der Waals surface area contributed by atoms with Crippen LogP contribution in [0.4, 0.5) is 0 Å². The molecule has 4 rings (SSSR count). The molecule has 4 aromatic rings. The molecule has 0 atom stereocenters. The van der Waals surface area contributed by atoms with Gasteiger partial charge in [-0.25, -0.2) is 4.98 Å². The molecule has 23 heavy (non-hydrogen) atoms. The first-order valence-electron chi connectivity index (χ1n) is 7.27. The van der Waals surface area contributed by atoms with Crippen molar-refractivity contribution in [2.75, 3.05) is 0 Å². The molecule has 0 amide bonds. The maximum absolute atomic E-state index is 4.74. The first kappa shape index (κ1) is 16.4. The van der Waals surface area contributed by atoms with E-state index < -0.39 is 0 Å². The smallest absolute Gasteiger partial charge is 0.0709 e. The number of fused-ring (bicyclic) bond motifs is 1. The van der Waals surface area contributed by atoms with E-state index in [1.807, 2.05) is 30.5 Å². The van der Waals surface area contributed by atoms with Crippen LogP contribution in [0.15, 0.2) is 85.2 Å². The molecule has 0 unspecified atom stereocenters. The van der Waals surface area contributed by atoms with Crippen molar-refractivity contribution >= 4 is 59.8 Å². The maximum Gasteiger partial charge on any atom is 0.0709 e. The van der Waals surface area contributed by atoms with Crippen LogP contribution in [0.25, 0.3) is 33.3 Å². The first-order chi connectivity index (χ1) is 10.9. The Hall–Kier alpha value is -1.43. The molecule has 0 fully saturated rings. The van der Waals surface area contributed by atoms with Gasteiger partial charge in [-0.05, 0) is 29.3 Å². The summed E-state index contributed by atoms with van der Waals surface area (Å²) in [6.45, 7) is 0. The molecule has 2 aromatic heterocycles. The van der Waals surface area contributed by atoms with Crippen LogP contribution in [0.3, 0.4) is 0 Å². The molecular formula is C20H16BaN2. The summed E-state index contributed by atoms with van der Waals surface area (Å²) in [5.41, 5.74) is 5.43. The zero-order valence-corrected chi connectivity index (χ0v) is 12.0. The molecule has 0 radical (unpaired) electrons. The molecule has 0 saturated carbocycles. The summed E-state index contributed by atoms with van der Waals surface area (Å²) in [6.07, 6.45) is 3.67. The van der Waals surface area contributed by atoms with Crippen molar-refractivity contribution in [3.8, 4) is 22.4 Å². The van der Waals surface area contributed by atoms with Crippen molar-refractivity contribution in [1.29, 1.82) is 0 Å². The Labute approximate surface area is 175 Å². The van der Waals surface area contributed by atoms with Crippen LogP contribution in [-0.2, 0) is 0 Å². The van der Waals surface area contributed by atoms with Crippen molar-refractivity contribution in [2.24, 2.45) is 0 Å². The summed E-state index contributed by atoms with van der Waals surface area (Å²) in [5.74, 6) is 0. The van der Waals surface area contributed by atoms with E-state index in [0.29, 0.717) is 0 Å². The number of para-hydroxylation sites is 1. The predicted molar refractivity (Wildman–Crippen MR) is 99.0 cm³/mol. The summed E-state index contributed by atoms with van der Waals surface area (Å²) in [5, 5.41) is 1.17. The molecule has 108 valence electrons. The molecule has 2 aromatic carbocycles. The number of rotatable bonds is 2. The Balaban J connectivity index is 0.00000156. The molecule has 0 bridgehead atoms. The summed E-state index contributed by atoms with van der Waals surface area (Å²) in [4.78, 5) is 8.90. The zero-order chi connectivity index (χ0) is 14.8. The Morgan fingerprint density at radius 1 is 0.609 bits per heavy atom. The van der Waals surface area contributed by atoms with Gasteiger partial charge in [0, 0.05) is 23.3 Å². The Morgan fingerprint density at radius 2 is 1.39 bits per heavy atom. The van der Waals surface area contributed by atoms with Gasteiger partial charge in [-0.1, -0.05) is 54.6 Å². The molecule has 0 spiro atoms. The minimum Gasteiger partial charge on any atom is -0.264 e. The van der Waals surface area contributed by atoms with Gasteiger partial charge in [0.2, 0.25) is 0 Å². The minimum absolute atomic E-state index is 0. The quantitative estimate of drug-likeness (QED) is 0.456. The largest absolute Gasteiger partial charge is 0.264 e. The number of hydrogen-bond acceptors (Lipinski definition) is 2. The fourth-order valence-corrected chi connectivity index (χ4v) is 2.59. The average molecular weight is 422 g/mol. The van der Waals surface area contributed by atoms with Crippen LogP contribution < -0.4 is 0 Å². The van der Waals surface area contributed by atoms with Gasteiger partial charge < -0.3 is 0 Å². The van der Waals surface area contributed by atoms with Gasteiger partial charge in [-0.2, -0.15) is 0 Å². The van der Waals surface area contributed by atoms with Crippen molar-refractivity contribution in [1.82, 2.24) is 9.97 Å². The molecule has 0 aliphatic rings. The third-order valence-corrected chi connectivity index (χ3v) is 3.77. The maximum atomic E-state index is 4.74. The van der Waals surface area contributed by atoms with Gasteiger partial charge in [0.15, 0.2) is 0 Å². The topological polar surface area (TPSA) is 25.8 Å². The minimum atomic E-state index is 0. The van der Waals surface area contributed by atoms with Crippen LogP contribution in [0.5, 0.6) is 0 Å². The van der Waals surface area contributed by atoms with Crippen LogP contribution in [0.2, 0.25) is 0 Å². The molecule has 0 aliphatic carbocycles. The first-order valence-corrected chi connectivity index (χ1v) is 7.27. The predicted octanol–water partition coefficient (Wildman–Crippen LogP) is 4.05. The fourth-order valence-electron chi connectivity index (χ4n) is 2.59. The standard InChI is InChI=1S/C20H14N2.Ba.2H/c1-2-6-19-16(4-1)11-12-20(22-19)17-9-7-15(8-10-17)18-5-3-13-21-14-18;;;/h1-14H;;;. The molecule has 2 heterocycles. The second-order valence-electron chi connectivity index (χ2n) is 5.21. The number of pyridine rings is 2. The SMILES string of the molecule is [BaH2].c1cncc(-c2ccc(-c3ccc4ccccc4n3)cc2)c1. The Morgan fingerprint density at radius 3 is 2.17 bits per heavy atom. The van der Waals surface area contributed by atoms with Crippen LogP contribution in [0, 0.1) is 0 Å². The van der Waals surface area contributed by atoms with Gasteiger partial charge in [0.1, 0.15) is 0 Å². The normalized spacial score (nSPS) is 10.3. The van der Waals surface area contributed by atoms with Crippen LogP contribution >= 0.6 is 0 Å². The van der Waals surface area contributed by atoms with Gasteiger partial charge in [-0.3, -0.25) is 4.98 Å². The van der Waals surface area contributed by atoms with E-state index >= 15 is 0 Å². The number of aromatic nitrogens is 2. The van der Waals surface area contributed by atoms with E-state index in [4.69, 9.17) is 4.98 Å². The summed E-state index contributed by atoms with van der Waals surface area (Å²) < 4.78 is 0. The van der Waals surface area contributed by atoms with Crippen molar-refractivity contribution in [3.63, 3.8) is 0 Å². The summed E-state index contributed by atoms with van der Waals surface area (Å²) in [7, 11) is 0. The molecule has 0 N–H and O–H groups in total. The summed E-state index contributed by atoms with van der Waals surface area (Å²) in [6, 6.07) is 24.8. The second-order valence-corrected chi connectivity index (χ2v) is 5.21. The van der Waals surface area contributed by atoms with Crippen molar-refractivity contribution < 1.29 is 0 Å². The van der Waals surface area contributed by atoms with E-state index in [0.717, 1.165) is 27.9 Å². The fraction of sp³-hybridized carbons (Fsp3) is 0. The van der Waals surface area contributed by atoms with Crippen molar-refractivity contribution in [3.05, 3.63) is 85.2 Å². The zero-order valence-electron chi connectivity index (χ0n) is 12.0. The van der Waals surface area contributed by atoms with E-state index in [1.54, 1.807) is 6.20 Å². The van der Waals surface area contributed by atoms with Crippen LogP contribution in [0.1, 0.15) is 0 Å². The van der Waals surface area contributed by atoms with E-state index in [9.17, 15) is 0 Å². The van der Waals surface area contributed by atoms with Gasteiger partial charge in [0.25, 0.3) is 0 Å². The van der Waals surface area contributed by atoms with Crippen molar-refractivity contribution in [2.45, 2.75) is 0 Å². The number of nitrogens with zero attached hydrogens (tertiary/aromatic N) is 2. The second kappa shape index (κ2) is 7.43. The summed E-state index contributed by atoms with van der Waals surface area (Å²) >= 11 is 0. The van der Waals surface area contributed by atoms with E-state index in [1.165, 1.54) is 5.39 Å². The number of benzene rings is 2. The molecular weight excluding hydrogens is 406 g/mol. The molecule has 2 nitrogen and oxygen atoms in total. The van der Waals surface area contributed by atoms with E-state index in [2.05, 4.69) is 53.5 Å². The van der Waals surface area contributed by atoms with Gasteiger partial charge >= 0.3 is 48.9 Å². The van der Waals surface area contributed by atoms with Crippen LogP contribution in [-0.4, -0.2) is 58.8 Å². The number of hydrogen-bond donors (Lipinski definition) is 0. The third-order valence-electron chi connectivity index (χ3n) is 3.77. The Kier molecular flexibility index (Phi) is 5.31. The van der Waals surface area contributed by atoms with E-state index in [-0.39, 0.29) is 48.9 Å². The monoisotopic (exact) mass is 422 g/mol. The molecule has 0 aliphatic heterocycles.